The van der Waals surface area contributed by atoms with Gasteiger partial charge < -0.3 is 10.6 Å². The second-order valence-electron chi connectivity index (χ2n) is 4.41. The van der Waals surface area contributed by atoms with Crippen molar-refractivity contribution in [1.82, 2.24) is 9.97 Å². The molecule has 0 saturated heterocycles. The van der Waals surface area contributed by atoms with Gasteiger partial charge in [-0.15, -0.1) is 0 Å². The van der Waals surface area contributed by atoms with E-state index in [1.807, 2.05) is 18.0 Å². The van der Waals surface area contributed by atoms with Gasteiger partial charge in [-0.05, 0) is 18.4 Å². The fourth-order valence-corrected chi connectivity index (χ4v) is 2.07. The van der Waals surface area contributed by atoms with Crippen LogP contribution in [0.25, 0.3) is 0 Å². The van der Waals surface area contributed by atoms with Crippen molar-refractivity contribution in [2.45, 2.75) is 12.8 Å². The van der Waals surface area contributed by atoms with Crippen LogP contribution in [0.1, 0.15) is 12.0 Å². The van der Waals surface area contributed by atoms with E-state index in [4.69, 9.17) is 17.3 Å². The molecule has 1 aromatic carbocycles. The molecule has 0 aliphatic heterocycles. The predicted octanol–water partition coefficient (Wildman–Crippen LogP) is 2.78. The highest BCUT2D eigenvalue weighted by molar-refractivity contribution is 6.32. The molecular formula is C14H17ClN4. The molecule has 2 rings (SSSR count). The molecule has 0 aliphatic rings. The van der Waals surface area contributed by atoms with Gasteiger partial charge in [-0.2, -0.15) is 0 Å². The summed E-state index contributed by atoms with van der Waals surface area (Å²) in [4.78, 5) is 10.0. The van der Waals surface area contributed by atoms with Gasteiger partial charge in [0.1, 0.15) is 12.0 Å². The number of aromatic nitrogens is 2. The summed E-state index contributed by atoms with van der Waals surface area (Å²) < 4.78 is 0. The van der Waals surface area contributed by atoms with Crippen molar-refractivity contribution in [2.75, 3.05) is 24.2 Å². The lowest BCUT2D eigenvalue weighted by molar-refractivity contribution is 0.777. The molecule has 0 spiro atoms. The van der Waals surface area contributed by atoms with Crippen LogP contribution in [0.5, 0.6) is 0 Å². The maximum atomic E-state index is 5.89. The van der Waals surface area contributed by atoms with E-state index in [1.54, 1.807) is 0 Å². The minimum absolute atomic E-state index is 0.305. The molecule has 0 amide bonds. The summed E-state index contributed by atoms with van der Waals surface area (Å²) in [5.41, 5.74) is 7.64. The molecule has 0 bridgehead atoms. The van der Waals surface area contributed by atoms with E-state index in [0.29, 0.717) is 16.7 Å². The molecule has 1 heterocycles. The van der Waals surface area contributed by atoms with Gasteiger partial charge in [0.2, 0.25) is 0 Å². The van der Waals surface area contributed by atoms with E-state index >= 15 is 0 Å². The van der Waals surface area contributed by atoms with Crippen molar-refractivity contribution in [3.63, 3.8) is 0 Å². The SMILES string of the molecule is CN(CCCc1ccccc1)c1ncnc(Cl)c1N. The second-order valence-corrected chi connectivity index (χ2v) is 4.77. The van der Waals surface area contributed by atoms with E-state index in [2.05, 4.69) is 34.2 Å². The van der Waals surface area contributed by atoms with Crippen LogP contribution in [0.4, 0.5) is 11.5 Å². The zero-order valence-corrected chi connectivity index (χ0v) is 11.6. The third kappa shape index (κ3) is 3.58. The van der Waals surface area contributed by atoms with Gasteiger partial charge in [0, 0.05) is 13.6 Å². The maximum absolute atomic E-state index is 5.89. The lowest BCUT2D eigenvalue weighted by Gasteiger charge is -2.19. The van der Waals surface area contributed by atoms with Crippen LogP contribution >= 0.6 is 11.6 Å². The minimum Gasteiger partial charge on any atom is -0.393 e. The van der Waals surface area contributed by atoms with Crippen molar-refractivity contribution >= 4 is 23.1 Å². The summed E-state index contributed by atoms with van der Waals surface area (Å²) in [7, 11) is 1.96. The Bertz CT molecular complexity index is 530. The first-order chi connectivity index (χ1) is 9.18. The first kappa shape index (κ1) is 13.6. The van der Waals surface area contributed by atoms with E-state index in [-0.39, 0.29) is 0 Å². The lowest BCUT2D eigenvalue weighted by Crippen LogP contribution is -2.21. The molecule has 0 unspecified atom stereocenters. The quantitative estimate of drug-likeness (QED) is 0.853. The molecule has 2 aromatic rings. The largest absolute Gasteiger partial charge is 0.393 e. The van der Waals surface area contributed by atoms with E-state index in [1.165, 1.54) is 11.9 Å². The Morgan fingerprint density at radius 1 is 1.21 bits per heavy atom. The summed E-state index contributed by atoms with van der Waals surface area (Å²) in [5, 5.41) is 0.305. The molecule has 0 saturated carbocycles. The van der Waals surface area contributed by atoms with Gasteiger partial charge >= 0.3 is 0 Å². The highest BCUT2D eigenvalue weighted by Crippen LogP contribution is 2.24. The van der Waals surface area contributed by atoms with Gasteiger partial charge in [-0.1, -0.05) is 41.9 Å². The first-order valence-corrected chi connectivity index (χ1v) is 6.57. The molecule has 1 aromatic heterocycles. The normalized spacial score (nSPS) is 10.4. The van der Waals surface area contributed by atoms with Crippen molar-refractivity contribution in [3.8, 4) is 0 Å². The number of aryl methyl sites for hydroxylation is 1. The second kappa shape index (κ2) is 6.38. The van der Waals surface area contributed by atoms with Crippen molar-refractivity contribution in [1.29, 1.82) is 0 Å². The highest BCUT2D eigenvalue weighted by atomic mass is 35.5. The molecule has 2 N–H and O–H groups in total. The molecule has 0 fully saturated rings. The van der Waals surface area contributed by atoms with Gasteiger partial charge in [0.05, 0.1) is 0 Å². The average molecular weight is 277 g/mol. The fourth-order valence-electron chi connectivity index (χ4n) is 1.94. The molecular weight excluding hydrogens is 260 g/mol. The predicted molar refractivity (Wildman–Crippen MR) is 79.5 cm³/mol. The Morgan fingerprint density at radius 2 is 1.95 bits per heavy atom. The Hall–Kier alpha value is -1.81. The van der Waals surface area contributed by atoms with Crippen molar-refractivity contribution < 1.29 is 0 Å². The van der Waals surface area contributed by atoms with Crippen LogP contribution in [-0.2, 0) is 6.42 Å². The van der Waals surface area contributed by atoms with Crippen LogP contribution in [0.2, 0.25) is 5.15 Å². The number of nitrogens with two attached hydrogens (primary N) is 1. The van der Waals surface area contributed by atoms with Gasteiger partial charge in [-0.3, -0.25) is 0 Å². The molecule has 5 heteroatoms. The van der Waals surface area contributed by atoms with Crippen molar-refractivity contribution in [3.05, 3.63) is 47.4 Å². The molecule has 0 radical (unpaired) electrons. The third-order valence-electron chi connectivity index (χ3n) is 2.98. The van der Waals surface area contributed by atoms with E-state index in [9.17, 15) is 0 Å². The van der Waals surface area contributed by atoms with E-state index < -0.39 is 0 Å². The molecule has 4 nitrogen and oxygen atoms in total. The van der Waals surface area contributed by atoms with Crippen LogP contribution < -0.4 is 10.6 Å². The average Bonchev–Trinajstić information content (AvgIpc) is 2.43. The lowest BCUT2D eigenvalue weighted by atomic mass is 10.1. The van der Waals surface area contributed by atoms with Gasteiger partial charge in [-0.25, -0.2) is 9.97 Å². The molecule has 19 heavy (non-hydrogen) atoms. The third-order valence-corrected chi connectivity index (χ3v) is 3.28. The topological polar surface area (TPSA) is 55.0 Å². The number of anilines is 2. The number of hydrogen-bond donors (Lipinski definition) is 1. The Morgan fingerprint density at radius 3 is 2.68 bits per heavy atom. The van der Waals surface area contributed by atoms with Crippen LogP contribution in [0, 0.1) is 0 Å². The zero-order valence-electron chi connectivity index (χ0n) is 10.9. The van der Waals surface area contributed by atoms with Gasteiger partial charge in [0.25, 0.3) is 0 Å². The number of hydrogen-bond acceptors (Lipinski definition) is 4. The first-order valence-electron chi connectivity index (χ1n) is 6.19. The summed E-state index contributed by atoms with van der Waals surface area (Å²) in [6.07, 6.45) is 3.49. The molecule has 0 atom stereocenters. The smallest absolute Gasteiger partial charge is 0.157 e. The zero-order chi connectivity index (χ0) is 13.7. The maximum Gasteiger partial charge on any atom is 0.157 e. The Balaban J connectivity index is 1.91. The highest BCUT2D eigenvalue weighted by Gasteiger charge is 2.10. The summed E-state index contributed by atoms with van der Waals surface area (Å²) in [5.74, 6) is 0.688. The van der Waals surface area contributed by atoms with Crippen molar-refractivity contribution in [2.24, 2.45) is 0 Å². The fraction of sp³-hybridized carbons (Fsp3) is 0.286. The molecule has 0 aliphatic carbocycles. The number of nitrogen functional groups attached to an aromatic ring is 1. The number of rotatable bonds is 5. The standard InChI is InChI=1S/C14H17ClN4/c1-19(14-12(16)13(15)17-10-18-14)9-5-8-11-6-3-2-4-7-11/h2-4,6-7,10H,5,8-9,16H2,1H3. The van der Waals surface area contributed by atoms with E-state index in [0.717, 1.165) is 19.4 Å². The number of halogens is 1. The summed E-state index contributed by atoms with van der Waals surface area (Å²) in [6.45, 7) is 0.867. The Labute approximate surface area is 118 Å². The van der Waals surface area contributed by atoms with Crippen LogP contribution in [0.15, 0.2) is 36.7 Å². The monoisotopic (exact) mass is 276 g/mol. The minimum atomic E-state index is 0.305. The molecule has 100 valence electrons. The Kier molecular flexibility index (Phi) is 4.58. The van der Waals surface area contributed by atoms with Crippen LogP contribution in [-0.4, -0.2) is 23.6 Å². The van der Waals surface area contributed by atoms with Crippen LogP contribution in [0.3, 0.4) is 0 Å². The summed E-state index contributed by atoms with van der Waals surface area (Å²) in [6, 6.07) is 10.4. The summed E-state index contributed by atoms with van der Waals surface area (Å²) >= 11 is 5.89. The van der Waals surface area contributed by atoms with Gasteiger partial charge in [0.15, 0.2) is 11.0 Å². The number of nitrogens with zero attached hydrogens (tertiary/aromatic N) is 3. The number of benzene rings is 1.